The first-order valence-electron chi connectivity index (χ1n) is 22.1. The number of benzene rings is 12. The van der Waals surface area contributed by atoms with Crippen molar-refractivity contribution in [2.45, 2.75) is 0 Å². The van der Waals surface area contributed by atoms with Crippen LogP contribution in [0.25, 0.3) is 104 Å². The molecule has 0 bridgehead atoms. The molecule has 0 radical (unpaired) electrons. The Kier molecular flexibility index (Phi) is 8.25. The second-order valence-corrected chi connectivity index (χ2v) is 16.9. The Labute approximate surface area is 371 Å². The Morgan fingerprint density at radius 1 is 0.266 bits per heavy atom. The van der Waals surface area contributed by atoms with E-state index in [1.54, 1.807) is 0 Å². The average Bonchev–Trinajstić information content (AvgIpc) is 3.72. The van der Waals surface area contributed by atoms with Gasteiger partial charge in [-0.2, -0.15) is 0 Å². The quantitative estimate of drug-likeness (QED) is 0.152. The minimum Gasteiger partial charge on any atom is -0.310 e. The first kappa shape index (κ1) is 36.2. The summed E-state index contributed by atoms with van der Waals surface area (Å²) in [7, 11) is 0. The van der Waals surface area contributed by atoms with Gasteiger partial charge in [0.25, 0.3) is 0 Å². The SMILES string of the molecule is c1ccc(-n2c3cccc(-c4cccc(N(c5ccc(-c6cc7ccccc7c7ccccc67)cc5)c5ccc6c(ccc7ccccc76)c5)c4)c3c3c4ccccc4ccc32)cc1. The fraction of sp³-hybridized carbons (Fsp3) is 0. The maximum Gasteiger partial charge on any atom is 0.0547 e. The van der Waals surface area contributed by atoms with Crippen LogP contribution in [0.2, 0.25) is 0 Å². The third-order valence-electron chi connectivity index (χ3n) is 13.3. The van der Waals surface area contributed by atoms with Crippen molar-refractivity contribution in [3.8, 4) is 27.9 Å². The third-order valence-corrected chi connectivity index (χ3v) is 13.3. The van der Waals surface area contributed by atoms with E-state index in [1.165, 1.54) is 97.9 Å². The maximum atomic E-state index is 2.43. The fourth-order valence-corrected chi connectivity index (χ4v) is 10.4. The molecular weight excluding hydrogens is 773 g/mol. The molecule has 0 atom stereocenters. The molecule has 1 aromatic heterocycles. The molecule has 13 rings (SSSR count). The number of hydrogen-bond donors (Lipinski definition) is 0. The molecule has 12 aromatic carbocycles. The summed E-state index contributed by atoms with van der Waals surface area (Å²) in [6.07, 6.45) is 0. The molecule has 0 aliphatic carbocycles. The molecule has 0 saturated carbocycles. The normalized spacial score (nSPS) is 11.8. The summed E-state index contributed by atoms with van der Waals surface area (Å²) < 4.78 is 2.43. The molecule has 0 amide bonds. The van der Waals surface area contributed by atoms with E-state index in [0.29, 0.717) is 0 Å². The molecule has 64 heavy (non-hydrogen) atoms. The van der Waals surface area contributed by atoms with Crippen molar-refractivity contribution >= 4 is 92.7 Å². The summed E-state index contributed by atoms with van der Waals surface area (Å²) in [6.45, 7) is 0. The van der Waals surface area contributed by atoms with Crippen molar-refractivity contribution in [1.82, 2.24) is 4.57 Å². The van der Waals surface area contributed by atoms with Crippen molar-refractivity contribution < 1.29 is 0 Å². The second-order valence-electron chi connectivity index (χ2n) is 16.9. The second kappa shape index (κ2) is 14.6. The van der Waals surface area contributed by atoms with Crippen LogP contribution >= 0.6 is 0 Å². The topological polar surface area (TPSA) is 8.17 Å². The molecule has 13 aromatic rings. The first-order valence-corrected chi connectivity index (χ1v) is 22.1. The molecule has 0 spiro atoms. The molecular formula is C62H40N2. The van der Waals surface area contributed by atoms with Crippen LogP contribution in [-0.2, 0) is 0 Å². The predicted molar refractivity (Wildman–Crippen MR) is 274 cm³/mol. The van der Waals surface area contributed by atoms with Gasteiger partial charge in [0, 0.05) is 33.5 Å². The zero-order valence-corrected chi connectivity index (χ0v) is 35.0. The summed E-state index contributed by atoms with van der Waals surface area (Å²) in [5, 5.41) is 15.1. The van der Waals surface area contributed by atoms with E-state index in [-0.39, 0.29) is 0 Å². The van der Waals surface area contributed by atoms with Gasteiger partial charge in [0.05, 0.1) is 11.0 Å². The Balaban J connectivity index is 1.01. The molecule has 0 N–H and O–H groups in total. The molecule has 2 nitrogen and oxygen atoms in total. The number of anilines is 3. The van der Waals surface area contributed by atoms with Gasteiger partial charge in [-0.05, 0) is 143 Å². The number of aromatic nitrogens is 1. The summed E-state index contributed by atoms with van der Waals surface area (Å²) >= 11 is 0. The van der Waals surface area contributed by atoms with Gasteiger partial charge < -0.3 is 9.47 Å². The smallest absolute Gasteiger partial charge is 0.0547 e. The zero-order chi connectivity index (χ0) is 42.1. The van der Waals surface area contributed by atoms with Gasteiger partial charge in [0.2, 0.25) is 0 Å². The van der Waals surface area contributed by atoms with E-state index in [1.807, 2.05) is 0 Å². The minimum absolute atomic E-state index is 1.09. The summed E-state index contributed by atoms with van der Waals surface area (Å²) in [4.78, 5) is 2.42. The predicted octanol–water partition coefficient (Wildman–Crippen LogP) is 17.4. The fourth-order valence-electron chi connectivity index (χ4n) is 10.4. The lowest BCUT2D eigenvalue weighted by atomic mass is 9.93. The monoisotopic (exact) mass is 812 g/mol. The highest BCUT2D eigenvalue weighted by atomic mass is 15.1. The zero-order valence-electron chi connectivity index (χ0n) is 35.0. The number of nitrogens with zero attached hydrogens (tertiary/aromatic N) is 2. The maximum absolute atomic E-state index is 2.43. The Morgan fingerprint density at radius 2 is 0.828 bits per heavy atom. The standard InChI is InChI=1S/C62H40N2/c1-2-18-47(19-3-1)64-59-27-13-26-55(62(59)61-54-23-9-5-15-42(54)32-37-60(61)64)44-17-12-20-49(38-44)63(50-35-36-53-46(39-50)29-28-41-14-4-7-21-51(41)53)48-33-30-43(31-34-48)58-40-45-16-6-8-22-52(45)56-24-10-11-25-57(56)58/h1-40H. The van der Waals surface area contributed by atoms with Gasteiger partial charge in [-0.1, -0.05) is 176 Å². The van der Waals surface area contributed by atoms with Crippen LogP contribution in [0.3, 0.4) is 0 Å². The Hall–Kier alpha value is -8.46. The summed E-state index contributed by atoms with van der Waals surface area (Å²) in [5.41, 5.74) is 11.6. The van der Waals surface area contributed by atoms with E-state index in [9.17, 15) is 0 Å². The van der Waals surface area contributed by atoms with Gasteiger partial charge in [0.15, 0.2) is 0 Å². The molecule has 0 fully saturated rings. The Bertz CT molecular complexity index is 3950. The molecule has 2 heteroatoms. The van der Waals surface area contributed by atoms with Crippen LogP contribution in [0, 0.1) is 0 Å². The van der Waals surface area contributed by atoms with Crippen molar-refractivity contribution in [3.63, 3.8) is 0 Å². The van der Waals surface area contributed by atoms with Crippen LogP contribution in [-0.4, -0.2) is 4.57 Å². The van der Waals surface area contributed by atoms with Crippen molar-refractivity contribution in [1.29, 1.82) is 0 Å². The third kappa shape index (κ3) is 5.73. The molecule has 0 aliphatic heterocycles. The van der Waals surface area contributed by atoms with Gasteiger partial charge in [0.1, 0.15) is 0 Å². The van der Waals surface area contributed by atoms with E-state index in [4.69, 9.17) is 0 Å². The van der Waals surface area contributed by atoms with Crippen LogP contribution in [0.4, 0.5) is 17.1 Å². The number of hydrogen-bond acceptors (Lipinski definition) is 1. The number of fused-ring (bicyclic) bond motifs is 11. The lowest BCUT2D eigenvalue weighted by molar-refractivity contribution is 1.18. The van der Waals surface area contributed by atoms with Gasteiger partial charge in [-0.3, -0.25) is 0 Å². The van der Waals surface area contributed by atoms with Crippen molar-refractivity contribution in [2.75, 3.05) is 4.90 Å². The average molecular weight is 813 g/mol. The van der Waals surface area contributed by atoms with Crippen LogP contribution < -0.4 is 4.90 Å². The van der Waals surface area contributed by atoms with E-state index in [0.717, 1.165) is 22.7 Å². The largest absolute Gasteiger partial charge is 0.310 e. The molecule has 1 heterocycles. The van der Waals surface area contributed by atoms with Crippen LogP contribution in [0.1, 0.15) is 0 Å². The Morgan fingerprint density at radius 3 is 1.64 bits per heavy atom. The first-order chi connectivity index (χ1) is 31.7. The van der Waals surface area contributed by atoms with Gasteiger partial charge in [-0.25, -0.2) is 0 Å². The number of rotatable bonds is 6. The molecule has 298 valence electrons. The van der Waals surface area contributed by atoms with Gasteiger partial charge >= 0.3 is 0 Å². The lowest BCUT2D eigenvalue weighted by Gasteiger charge is -2.27. The highest BCUT2D eigenvalue weighted by Crippen LogP contribution is 2.45. The summed E-state index contributed by atoms with van der Waals surface area (Å²) in [6, 6.07) is 89.1. The summed E-state index contributed by atoms with van der Waals surface area (Å²) in [5.74, 6) is 0. The highest BCUT2D eigenvalue weighted by molar-refractivity contribution is 6.25. The van der Waals surface area contributed by atoms with Gasteiger partial charge in [-0.15, -0.1) is 0 Å². The molecule has 0 unspecified atom stereocenters. The van der Waals surface area contributed by atoms with E-state index < -0.39 is 0 Å². The minimum atomic E-state index is 1.09. The van der Waals surface area contributed by atoms with E-state index >= 15 is 0 Å². The lowest BCUT2D eigenvalue weighted by Crippen LogP contribution is -2.10. The van der Waals surface area contributed by atoms with Crippen LogP contribution in [0.15, 0.2) is 243 Å². The number of para-hydroxylation sites is 1. The van der Waals surface area contributed by atoms with Crippen molar-refractivity contribution in [2.24, 2.45) is 0 Å². The molecule has 0 saturated heterocycles. The molecule has 0 aliphatic rings. The van der Waals surface area contributed by atoms with Crippen molar-refractivity contribution in [3.05, 3.63) is 243 Å². The van der Waals surface area contributed by atoms with Crippen LogP contribution in [0.5, 0.6) is 0 Å². The van der Waals surface area contributed by atoms with E-state index in [2.05, 4.69) is 252 Å². The highest BCUT2D eigenvalue weighted by Gasteiger charge is 2.20.